The van der Waals surface area contributed by atoms with E-state index in [1.165, 1.54) is 12.8 Å². The van der Waals surface area contributed by atoms with E-state index in [1.807, 2.05) is 20.0 Å². The van der Waals surface area contributed by atoms with E-state index >= 15 is 0 Å². The van der Waals surface area contributed by atoms with Gasteiger partial charge in [-0.3, -0.25) is 0 Å². The van der Waals surface area contributed by atoms with Crippen molar-refractivity contribution in [3.8, 4) is 0 Å². The van der Waals surface area contributed by atoms with Gasteiger partial charge in [0.25, 0.3) is 0 Å². The normalized spacial score (nSPS) is 15.8. The van der Waals surface area contributed by atoms with Gasteiger partial charge in [-0.1, -0.05) is 0 Å². The van der Waals surface area contributed by atoms with Gasteiger partial charge < -0.3 is 20.1 Å². The summed E-state index contributed by atoms with van der Waals surface area (Å²) in [5.74, 6) is 2.37. The molecule has 1 aliphatic rings. The van der Waals surface area contributed by atoms with Crippen LogP contribution in [0.2, 0.25) is 0 Å². The number of nitrogens with one attached hydrogen (secondary N) is 2. The standard InChI is InChI=1S/C15H26N4O2/c1-4-21-10-14-18-12(16-2)9-13(19-14)17-11-15(5-6-15)7-8-20-3/h9H,4-8,10-11H2,1-3H3,(H2,16,17,18,19). The second-order valence-electron chi connectivity index (χ2n) is 5.54. The largest absolute Gasteiger partial charge is 0.385 e. The molecule has 1 saturated carbocycles. The van der Waals surface area contributed by atoms with Crippen LogP contribution < -0.4 is 10.6 Å². The van der Waals surface area contributed by atoms with Crippen molar-refractivity contribution in [2.24, 2.45) is 5.41 Å². The molecule has 0 unspecified atom stereocenters. The first-order chi connectivity index (χ1) is 10.2. The van der Waals surface area contributed by atoms with Gasteiger partial charge in [0.1, 0.15) is 18.2 Å². The van der Waals surface area contributed by atoms with E-state index in [1.54, 1.807) is 7.11 Å². The summed E-state index contributed by atoms with van der Waals surface area (Å²) in [4.78, 5) is 8.90. The number of rotatable bonds is 10. The molecule has 2 rings (SSSR count). The molecule has 1 aliphatic carbocycles. The minimum absolute atomic E-state index is 0.390. The summed E-state index contributed by atoms with van der Waals surface area (Å²) in [7, 11) is 3.62. The molecule has 0 aromatic carbocycles. The molecule has 0 radical (unpaired) electrons. The summed E-state index contributed by atoms with van der Waals surface area (Å²) in [5, 5.41) is 6.51. The molecule has 0 saturated heterocycles. The minimum Gasteiger partial charge on any atom is -0.385 e. The van der Waals surface area contributed by atoms with Crippen molar-refractivity contribution >= 4 is 11.6 Å². The Morgan fingerprint density at radius 1 is 1.29 bits per heavy atom. The Balaban J connectivity index is 1.95. The van der Waals surface area contributed by atoms with Crippen LogP contribution in [0.5, 0.6) is 0 Å². The van der Waals surface area contributed by atoms with Gasteiger partial charge in [0.15, 0.2) is 5.82 Å². The highest BCUT2D eigenvalue weighted by atomic mass is 16.5. The van der Waals surface area contributed by atoms with E-state index in [0.29, 0.717) is 24.5 Å². The number of ether oxygens (including phenoxy) is 2. The lowest BCUT2D eigenvalue weighted by molar-refractivity contribution is 0.128. The minimum atomic E-state index is 0.390. The number of hydrogen-bond acceptors (Lipinski definition) is 6. The first-order valence-electron chi connectivity index (χ1n) is 7.57. The second-order valence-corrected chi connectivity index (χ2v) is 5.54. The summed E-state index contributed by atoms with van der Waals surface area (Å²) >= 11 is 0. The van der Waals surface area contributed by atoms with Crippen LogP contribution in [0, 0.1) is 5.41 Å². The van der Waals surface area contributed by atoms with Gasteiger partial charge in [0, 0.05) is 40.0 Å². The zero-order chi connectivity index (χ0) is 15.1. The second kappa shape index (κ2) is 7.56. The summed E-state index contributed by atoms with van der Waals surface area (Å²) in [6.45, 7) is 4.83. The molecule has 1 fully saturated rings. The summed E-state index contributed by atoms with van der Waals surface area (Å²) in [5.41, 5.74) is 0.390. The van der Waals surface area contributed by atoms with Crippen molar-refractivity contribution in [1.82, 2.24) is 9.97 Å². The Bertz CT molecular complexity index is 449. The molecule has 6 nitrogen and oxygen atoms in total. The van der Waals surface area contributed by atoms with Gasteiger partial charge in [-0.05, 0) is 31.6 Å². The molecule has 6 heteroatoms. The SMILES string of the molecule is CCOCc1nc(NC)cc(NCC2(CCOC)CC2)n1. The molecule has 0 aliphatic heterocycles. The summed E-state index contributed by atoms with van der Waals surface area (Å²) < 4.78 is 10.6. The van der Waals surface area contributed by atoms with E-state index in [0.717, 1.165) is 31.2 Å². The van der Waals surface area contributed by atoms with Crippen LogP contribution in [0.4, 0.5) is 11.6 Å². The van der Waals surface area contributed by atoms with Crippen LogP contribution >= 0.6 is 0 Å². The van der Waals surface area contributed by atoms with Crippen LogP contribution in [-0.4, -0.2) is 43.9 Å². The van der Waals surface area contributed by atoms with E-state index in [2.05, 4.69) is 20.6 Å². The summed E-state index contributed by atoms with van der Waals surface area (Å²) in [6.07, 6.45) is 3.63. The van der Waals surface area contributed by atoms with Gasteiger partial charge in [-0.25, -0.2) is 9.97 Å². The van der Waals surface area contributed by atoms with Gasteiger partial charge in [-0.15, -0.1) is 0 Å². The van der Waals surface area contributed by atoms with Gasteiger partial charge in [0.05, 0.1) is 0 Å². The monoisotopic (exact) mass is 294 g/mol. The van der Waals surface area contributed by atoms with Crippen molar-refractivity contribution in [3.63, 3.8) is 0 Å². The maximum Gasteiger partial charge on any atom is 0.158 e. The fraction of sp³-hybridized carbons (Fsp3) is 0.733. The molecule has 2 N–H and O–H groups in total. The lowest BCUT2D eigenvalue weighted by Gasteiger charge is -2.16. The highest BCUT2D eigenvalue weighted by Crippen LogP contribution is 2.48. The first kappa shape index (κ1) is 16.0. The Hall–Kier alpha value is -1.40. The average Bonchev–Trinajstić information content (AvgIpc) is 3.29. The van der Waals surface area contributed by atoms with Crippen molar-refractivity contribution < 1.29 is 9.47 Å². The third-order valence-corrected chi connectivity index (χ3v) is 3.90. The molecule has 0 amide bonds. The molecule has 0 atom stereocenters. The molecule has 21 heavy (non-hydrogen) atoms. The van der Waals surface area contributed by atoms with Gasteiger partial charge in [-0.2, -0.15) is 0 Å². The molecule has 1 heterocycles. The Labute approximate surface area is 126 Å². The Morgan fingerprint density at radius 3 is 2.67 bits per heavy atom. The number of anilines is 2. The third kappa shape index (κ3) is 4.82. The molecule has 0 spiro atoms. The molecule has 1 aromatic rings. The Kier molecular flexibility index (Phi) is 5.76. The van der Waals surface area contributed by atoms with Crippen molar-refractivity contribution in [1.29, 1.82) is 0 Å². The van der Waals surface area contributed by atoms with Gasteiger partial charge >= 0.3 is 0 Å². The highest BCUT2D eigenvalue weighted by Gasteiger charge is 2.41. The zero-order valence-corrected chi connectivity index (χ0v) is 13.2. The van der Waals surface area contributed by atoms with E-state index in [4.69, 9.17) is 9.47 Å². The highest BCUT2D eigenvalue weighted by molar-refractivity contribution is 5.47. The van der Waals surface area contributed by atoms with E-state index in [9.17, 15) is 0 Å². The third-order valence-electron chi connectivity index (χ3n) is 3.90. The quantitative estimate of drug-likeness (QED) is 0.690. The molecule has 1 aromatic heterocycles. The van der Waals surface area contributed by atoms with Crippen molar-refractivity contribution in [3.05, 3.63) is 11.9 Å². The van der Waals surface area contributed by atoms with Crippen LogP contribution in [0.15, 0.2) is 6.07 Å². The smallest absolute Gasteiger partial charge is 0.158 e. The lowest BCUT2D eigenvalue weighted by Crippen LogP contribution is -2.18. The molecule has 0 bridgehead atoms. The number of hydrogen-bond donors (Lipinski definition) is 2. The van der Waals surface area contributed by atoms with Crippen molar-refractivity contribution in [2.75, 3.05) is 44.5 Å². The van der Waals surface area contributed by atoms with Crippen LogP contribution in [0.1, 0.15) is 32.0 Å². The lowest BCUT2D eigenvalue weighted by atomic mass is 10.0. The fourth-order valence-electron chi connectivity index (χ4n) is 2.26. The number of aromatic nitrogens is 2. The predicted octanol–water partition coefficient (Wildman–Crippen LogP) is 2.28. The zero-order valence-electron chi connectivity index (χ0n) is 13.2. The summed E-state index contributed by atoms with van der Waals surface area (Å²) in [6, 6.07) is 1.93. The van der Waals surface area contributed by atoms with Crippen LogP contribution in [0.3, 0.4) is 0 Å². The van der Waals surface area contributed by atoms with Crippen LogP contribution in [-0.2, 0) is 16.1 Å². The average molecular weight is 294 g/mol. The first-order valence-corrected chi connectivity index (χ1v) is 7.57. The molecule has 118 valence electrons. The van der Waals surface area contributed by atoms with Crippen LogP contribution in [0.25, 0.3) is 0 Å². The fourth-order valence-corrected chi connectivity index (χ4v) is 2.26. The Morgan fingerprint density at radius 2 is 2.05 bits per heavy atom. The number of nitrogens with zero attached hydrogens (tertiary/aromatic N) is 2. The maximum absolute atomic E-state index is 5.39. The maximum atomic E-state index is 5.39. The molecular formula is C15H26N4O2. The topological polar surface area (TPSA) is 68.3 Å². The van der Waals surface area contributed by atoms with E-state index in [-0.39, 0.29) is 0 Å². The molecular weight excluding hydrogens is 268 g/mol. The van der Waals surface area contributed by atoms with E-state index < -0.39 is 0 Å². The van der Waals surface area contributed by atoms with Gasteiger partial charge in [0.2, 0.25) is 0 Å². The van der Waals surface area contributed by atoms with Crippen molar-refractivity contribution in [2.45, 2.75) is 32.8 Å². The predicted molar refractivity (Wildman–Crippen MR) is 83.6 cm³/mol. The number of methoxy groups -OCH3 is 1.